The standard InChI is InChI=1S/C2H8O7P2/c3-9-11(6)8-2-1-7-10(4)5/h3,10-11H,1-2H2,(H,4,5). The maximum Gasteiger partial charge on any atom is 0.346 e. The molecule has 2 N–H and O–H groups in total. The van der Waals surface area contributed by atoms with Crippen LogP contribution in [0.1, 0.15) is 0 Å². The first-order chi connectivity index (χ1) is 5.16. The first kappa shape index (κ1) is 11.3. The highest BCUT2D eigenvalue weighted by atomic mass is 31.1. The van der Waals surface area contributed by atoms with Crippen molar-refractivity contribution in [2.45, 2.75) is 0 Å². The van der Waals surface area contributed by atoms with E-state index in [1.54, 1.807) is 0 Å². The topological polar surface area (TPSA) is 102 Å². The first-order valence-corrected chi connectivity index (χ1v) is 4.99. The molecule has 0 heterocycles. The summed E-state index contributed by atoms with van der Waals surface area (Å²) >= 11 is 0. The van der Waals surface area contributed by atoms with Crippen LogP contribution in [0.5, 0.6) is 0 Å². The van der Waals surface area contributed by atoms with Gasteiger partial charge < -0.3 is 13.9 Å². The third-order valence-electron chi connectivity index (χ3n) is 0.603. The van der Waals surface area contributed by atoms with Gasteiger partial charge in [-0.25, -0.2) is 5.26 Å². The molecule has 0 fully saturated rings. The molecule has 2 atom stereocenters. The molecule has 2 unspecified atom stereocenters. The van der Waals surface area contributed by atoms with E-state index in [0.29, 0.717) is 0 Å². The van der Waals surface area contributed by atoms with Gasteiger partial charge in [0.2, 0.25) is 0 Å². The Morgan fingerprint density at radius 2 is 1.73 bits per heavy atom. The molecule has 0 aliphatic heterocycles. The quantitative estimate of drug-likeness (QED) is 0.278. The van der Waals surface area contributed by atoms with Crippen molar-refractivity contribution in [3.63, 3.8) is 0 Å². The van der Waals surface area contributed by atoms with E-state index in [9.17, 15) is 9.13 Å². The van der Waals surface area contributed by atoms with Gasteiger partial charge in [0.1, 0.15) is 0 Å². The molecule has 11 heavy (non-hydrogen) atoms. The highest BCUT2D eigenvalue weighted by Gasteiger charge is 1.97. The van der Waals surface area contributed by atoms with Gasteiger partial charge in [0.05, 0.1) is 13.2 Å². The lowest BCUT2D eigenvalue weighted by molar-refractivity contribution is -0.142. The average Bonchev–Trinajstić information content (AvgIpc) is 1.97. The van der Waals surface area contributed by atoms with Crippen LogP contribution in [-0.4, -0.2) is 23.4 Å². The van der Waals surface area contributed by atoms with E-state index < -0.39 is 16.5 Å². The second-order valence-corrected chi connectivity index (χ2v) is 3.10. The van der Waals surface area contributed by atoms with Crippen LogP contribution < -0.4 is 0 Å². The van der Waals surface area contributed by atoms with Crippen LogP contribution in [0.4, 0.5) is 0 Å². The Bertz CT molecular complexity index is 145. The van der Waals surface area contributed by atoms with Crippen molar-refractivity contribution in [1.82, 2.24) is 0 Å². The van der Waals surface area contributed by atoms with Crippen LogP contribution in [0, 0.1) is 0 Å². The summed E-state index contributed by atoms with van der Waals surface area (Å²) in [5.41, 5.74) is 0. The summed E-state index contributed by atoms with van der Waals surface area (Å²) in [4.78, 5) is 8.09. The maximum atomic E-state index is 10.2. The Hall–Kier alpha value is 0.260. The van der Waals surface area contributed by atoms with Crippen molar-refractivity contribution < 1.29 is 33.0 Å². The maximum absolute atomic E-state index is 10.2. The van der Waals surface area contributed by atoms with Crippen molar-refractivity contribution in [2.24, 2.45) is 0 Å². The van der Waals surface area contributed by atoms with Crippen LogP contribution >= 0.6 is 16.5 Å². The van der Waals surface area contributed by atoms with Crippen molar-refractivity contribution in [3.05, 3.63) is 0 Å². The molecule has 0 radical (unpaired) electrons. The van der Waals surface area contributed by atoms with Crippen LogP contribution in [0.25, 0.3) is 0 Å². The summed E-state index contributed by atoms with van der Waals surface area (Å²) in [6.07, 6.45) is 0. The second kappa shape index (κ2) is 6.94. The molecule has 0 aliphatic rings. The minimum Gasteiger partial charge on any atom is -0.326 e. The van der Waals surface area contributed by atoms with E-state index in [1.165, 1.54) is 0 Å². The van der Waals surface area contributed by atoms with E-state index in [0.717, 1.165) is 0 Å². The van der Waals surface area contributed by atoms with Gasteiger partial charge in [-0.3, -0.25) is 9.13 Å². The zero-order chi connectivity index (χ0) is 8.69. The molecule has 0 bridgehead atoms. The Morgan fingerprint density at radius 1 is 1.18 bits per heavy atom. The van der Waals surface area contributed by atoms with E-state index in [2.05, 4.69) is 13.7 Å². The van der Waals surface area contributed by atoms with Crippen LogP contribution in [0.15, 0.2) is 0 Å². The molecule has 0 saturated carbocycles. The summed E-state index contributed by atoms with van der Waals surface area (Å²) in [7, 11) is -5.84. The monoisotopic (exact) mass is 206 g/mol. The van der Waals surface area contributed by atoms with Gasteiger partial charge in [-0.1, -0.05) is 0 Å². The van der Waals surface area contributed by atoms with Crippen LogP contribution in [-0.2, 0) is 22.9 Å². The van der Waals surface area contributed by atoms with Crippen LogP contribution in [0.2, 0.25) is 0 Å². The second-order valence-electron chi connectivity index (χ2n) is 1.30. The summed E-state index contributed by atoms with van der Waals surface area (Å²) in [6, 6.07) is 0. The summed E-state index contributed by atoms with van der Waals surface area (Å²) < 4.78 is 31.7. The highest BCUT2D eigenvalue weighted by Crippen LogP contribution is 2.21. The molecule has 0 saturated heterocycles. The highest BCUT2D eigenvalue weighted by molar-refractivity contribution is 7.33. The normalized spacial score (nSPS) is 16.2. The Labute approximate surface area is 63.7 Å². The van der Waals surface area contributed by atoms with Gasteiger partial charge in [0, 0.05) is 0 Å². The van der Waals surface area contributed by atoms with Crippen molar-refractivity contribution >= 4 is 16.5 Å². The predicted octanol–water partition coefficient (Wildman–Crippen LogP) is 0.281. The summed E-state index contributed by atoms with van der Waals surface area (Å²) in [5.74, 6) is 0. The lowest BCUT2D eigenvalue weighted by Crippen LogP contribution is -1.95. The molecular weight excluding hydrogens is 198 g/mol. The van der Waals surface area contributed by atoms with Gasteiger partial charge >= 0.3 is 16.5 Å². The molecule has 7 nitrogen and oxygen atoms in total. The SMILES string of the molecule is O=[PH](O)OCCO[PH](=O)OO. The predicted molar refractivity (Wildman–Crippen MR) is 35.8 cm³/mol. The molecule has 0 amide bonds. The lowest BCUT2D eigenvalue weighted by atomic mass is 10.8. The summed E-state index contributed by atoms with van der Waals surface area (Å²) in [6.45, 7) is -0.344. The van der Waals surface area contributed by atoms with E-state index >= 15 is 0 Å². The Kier molecular flexibility index (Phi) is 7.10. The Morgan fingerprint density at radius 3 is 2.18 bits per heavy atom. The molecule has 0 aromatic carbocycles. The van der Waals surface area contributed by atoms with Crippen molar-refractivity contribution in [2.75, 3.05) is 13.2 Å². The lowest BCUT2D eigenvalue weighted by Gasteiger charge is -1.99. The van der Waals surface area contributed by atoms with Gasteiger partial charge in [-0.15, -0.1) is 0 Å². The van der Waals surface area contributed by atoms with Crippen molar-refractivity contribution in [3.8, 4) is 0 Å². The van der Waals surface area contributed by atoms with Gasteiger partial charge in [0.15, 0.2) is 0 Å². The van der Waals surface area contributed by atoms with Crippen molar-refractivity contribution in [1.29, 1.82) is 0 Å². The fourth-order valence-corrected chi connectivity index (χ4v) is 0.841. The minimum absolute atomic E-state index is 0.171. The van der Waals surface area contributed by atoms with Gasteiger partial charge in [-0.2, -0.15) is 4.67 Å². The molecule has 0 aromatic rings. The Balaban J connectivity index is 3.14. The summed E-state index contributed by atoms with van der Waals surface area (Å²) in [5, 5.41) is 7.71. The molecule has 0 rings (SSSR count). The third-order valence-corrected chi connectivity index (χ3v) is 1.64. The van der Waals surface area contributed by atoms with E-state index in [-0.39, 0.29) is 13.2 Å². The largest absolute Gasteiger partial charge is 0.346 e. The van der Waals surface area contributed by atoms with Gasteiger partial charge in [0.25, 0.3) is 0 Å². The fourth-order valence-electron chi connectivity index (χ4n) is 0.280. The molecule has 68 valence electrons. The van der Waals surface area contributed by atoms with Gasteiger partial charge in [-0.05, 0) is 0 Å². The molecular formula is C2H8O7P2. The number of hydrogen-bond donors (Lipinski definition) is 2. The van der Waals surface area contributed by atoms with E-state index in [4.69, 9.17) is 10.2 Å². The fraction of sp³-hybridized carbons (Fsp3) is 1.00. The average molecular weight is 206 g/mol. The molecule has 0 spiro atoms. The number of rotatable bonds is 6. The van der Waals surface area contributed by atoms with E-state index in [1.807, 2.05) is 0 Å². The zero-order valence-corrected chi connectivity index (χ0v) is 7.35. The number of hydrogen-bond acceptors (Lipinski definition) is 6. The zero-order valence-electron chi connectivity index (χ0n) is 5.35. The minimum atomic E-state index is -2.96. The molecule has 0 aromatic heterocycles. The smallest absolute Gasteiger partial charge is 0.326 e. The molecule has 0 aliphatic carbocycles. The third kappa shape index (κ3) is 8.16. The molecule has 9 heteroatoms. The van der Waals surface area contributed by atoms with Crippen LogP contribution in [0.3, 0.4) is 0 Å². The first-order valence-electron chi connectivity index (χ1n) is 2.50.